The number of carbonyl (C=O) groups is 3. The molecule has 3 saturated heterocycles. The van der Waals surface area contributed by atoms with Crippen LogP contribution in [-0.2, 0) is 17.9 Å². The molecular weight excluding hydrogens is 704 g/mol. The number of rotatable bonds is 7. The van der Waals surface area contributed by atoms with Crippen LogP contribution in [0.1, 0.15) is 43.2 Å². The van der Waals surface area contributed by atoms with E-state index in [1.54, 1.807) is 0 Å². The quantitative estimate of drug-likeness (QED) is 0.289. The van der Waals surface area contributed by atoms with Gasteiger partial charge in [0.05, 0.1) is 13.0 Å². The maximum Gasteiger partial charge on any atom is 0.515 e. The van der Waals surface area contributed by atoms with Crippen molar-refractivity contribution in [3.05, 3.63) is 62.5 Å². The molecule has 3 atom stereocenters. The molecular formula is C33H43Br2N6O4+. The van der Waals surface area contributed by atoms with E-state index in [1.165, 1.54) is 0 Å². The van der Waals surface area contributed by atoms with Crippen molar-refractivity contribution in [3.63, 3.8) is 0 Å². The minimum absolute atomic E-state index is 0.0771. The number of anilines is 1. The monoisotopic (exact) mass is 745 g/mol. The average Bonchev–Trinajstić information content (AvgIpc) is 3.04. The second-order valence-electron chi connectivity index (χ2n) is 13.2. The van der Waals surface area contributed by atoms with Crippen LogP contribution >= 0.6 is 31.9 Å². The Bertz CT molecular complexity index is 1430. The summed E-state index contributed by atoms with van der Waals surface area (Å²) in [5.41, 5.74) is 1.71. The van der Waals surface area contributed by atoms with Crippen LogP contribution in [0.2, 0.25) is 0 Å². The number of fused-ring (bicyclic) bond motifs is 1. The van der Waals surface area contributed by atoms with E-state index >= 15 is 0 Å². The van der Waals surface area contributed by atoms with Gasteiger partial charge in [-0.25, -0.2) is 14.2 Å². The van der Waals surface area contributed by atoms with E-state index in [9.17, 15) is 19.5 Å². The van der Waals surface area contributed by atoms with Gasteiger partial charge < -0.3 is 25.0 Å². The van der Waals surface area contributed by atoms with Crippen molar-refractivity contribution in [1.29, 1.82) is 0 Å². The van der Waals surface area contributed by atoms with Crippen LogP contribution in [0.5, 0.6) is 0 Å². The first-order valence-corrected chi connectivity index (χ1v) is 17.6. The van der Waals surface area contributed by atoms with Gasteiger partial charge in [0.15, 0.2) is 5.66 Å². The van der Waals surface area contributed by atoms with Gasteiger partial charge >= 0.3 is 12.1 Å². The third-order valence-electron chi connectivity index (χ3n) is 10.8. The van der Waals surface area contributed by atoms with Crippen molar-refractivity contribution < 1.29 is 24.0 Å². The summed E-state index contributed by atoms with van der Waals surface area (Å²) in [5, 5.41) is 14.3. The molecule has 6 rings (SSSR count). The summed E-state index contributed by atoms with van der Waals surface area (Å²) in [6.45, 7) is 6.21. The summed E-state index contributed by atoms with van der Waals surface area (Å²) in [4.78, 5) is 49.0. The third kappa shape index (κ3) is 6.21. The van der Waals surface area contributed by atoms with Gasteiger partial charge in [-0.1, -0.05) is 24.3 Å². The highest BCUT2D eigenvalue weighted by Crippen LogP contribution is 2.46. The third-order valence-corrected chi connectivity index (χ3v) is 12.7. The lowest BCUT2D eigenvalue weighted by Crippen LogP contribution is -2.79. The zero-order valence-corrected chi connectivity index (χ0v) is 29.0. The first-order chi connectivity index (χ1) is 21.7. The van der Waals surface area contributed by atoms with Gasteiger partial charge in [-0.15, -0.1) is 0 Å². The van der Waals surface area contributed by atoms with Gasteiger partial charge in [-0.3, -0.25) is 4.90 Å². The topological polar surface area (TPSA) is 96.4 Å². The number of hydrogen-bond donors (Lipinski definition) is 2. The number of benzene rings is 2. The molecule has 0 spiro atoms. The van der Waals surface area contributed by atoms with E-state index in [4.69, 9.17) is 0 Å². The number of piperazine rings is 1. The van der Waals surface area contributed by atoms with Crippen molar-refractivity contribution in [1.82, 2.24) is 19.6 Å². The summed E-state index contributed by atoms with van der Waals surface area (Å²) < 4.78 is 1.48. The molecule has 0 saturated carbocycles. The van der Waals surface area contributed by atoms with E-state index in [1.807, 2.05) is 47.4 Å². The number of para-hydroxylation sites is 1. The molecule has 2 N–H and O–H groups in total. The molecule has 2 aromatic carbocycles. The molecule has 0 radical (unpaired) electrons. The molecule has 242 valence electrons. The van der Waals surface area contributed by atoms with Crippen molar-refractivity contribution in [2.75, 3.05) is 58.2 Å². The molecule has 2 aromatic rings. The molecule has 3 amide bonds. The summed E-state index contributed by atoms with van der Waals surface area (Å²) in [6, 6.07) is 13.8. The number of carbonyl (C=O) groups excluding carboxylic acids is 2. The van der Waals surface area contributed by atoms with Crippen LogP contribution < -0.4 is 5.32 Å². The van der Waals surface area contributed by atoms with E-state index < -0.39 is 11.8 Å². The van der Waals surface area contributed by atoms with Gasteiger partial charge in [0, 0.05) is 77.8 Å². The Morgan fingerprint density at radius 2 is 1.76 bits per heavy atom. The Morgan fingerprint density at radius 3 is 2.44 bits per heavy atom. The van der Waals surface area contributed by atoms with Gasteiger partial charge in [-0.05, 0) is 88.6 Å². The highest BCUT2D eigenvalue weighted by molar-refractivity contribution is 9.13. The minimum Gasteiger partial charge on any atom is -0.435 e. The van der Waals surface area contributed by atoms with Gasteiger partial charge in [0.1, 0.15) is 12.8 Å². The van der Waals surface area contributed by atoms with E-state index in [-0.39, 0.29) is 29.5 Å². The molecule has 10 nitrogen and oxygen atoms in total. The van der Waals surface area contributed by atoms with Crippen LogP contribution in [-0.4, -0.2) is 118 Å². The number of quaternary nitrogens is 1. The molecule has 4 aliphatic rings. The number of nitrogens with zero attached hydrogens (tertiary/aromatic N) is 5. The lowest BCUT2D eigenvalue weighted by molar-refractivity contribution is -0.942. The van der Waals surface area contributed by atoms with Gasteiger partial charge in [0.2, 0.25) is 0 Å². The summed E-state index contributed by atoms with van der Waals surface area (Å²) in [7, 11) is 2.17. The SMILES string of the molecule is CN1CCC(N2CCN(C3(CC=O)CC(N4Cc5ccccc5NC4=O)CC[N@+]3(Cc3ccc(Br)c(Br)c3)C(=O)O)CC2)CC1. The average molecular weight is 748 g/mol. The number of urea groups is 1. The number of piperidine rings is 2. The molecule has 12 heteroatoms. The Hall–Kier alpha value is -2.35. The van der Waals surface area contributed by atoms with Crippen molar-refractivity contribution >= 4 is 56.0 Å². The fraction of sp³-hybridized carbons (Fsp3) is 0.545. The van der Waals surface area contributed by atoms with Crippen LogP contribution in [0.25, 0.3) is 0 Å². The van der Waals surface area contributed by atoms with E-state index in [0.29, 0.717) is 45.1 Å². The molecule has 3 fully saturated rings. The summed E-state index contributed by atoms with van der Waals surface area (Å²) in [6.07, 6.45) is 3.25. The van der Waals surface area contributed by atoms with Crippen molar-refractivity contribution in [2.24, 2.45) is 0 Å². The first kappa shape index (κ1) is 32.6. The zero-order valence-electron chi connectivity index (χ0n) is 25.8. The predicted octanol–water partition coefficient (Wildman–Crippen LogP) is 5.41. The smallest absolute Gasteiger partial charge is 0.435 e. The Labute approximate surface area is 282 Å². The number of likely N-dealkylation sites (tertiary alicyclic amines) is 2. The number of halogens is 2. The molecule has 4 aliphatic heterocycles. The van der Waals surface area contributed by atoms with Crippen LogP contribution in [0.4, 0.5) is 15.3 Å². The number of amides is 3. The lowest BCUT2D eigenvalue weighted by atomic mass is 9.82. The van der Waals surface area contributed by atoms with Gasteiger partial charge in [0.25, 0.3) is 0 Å². The summed E-state index contributed by atoms with van der Waals surface area (Å²) in [5.74, 6) is 0. The number of hydrogen-bond acceptors (Lipinski definition) is 6. The zero-order chi connectivity index (χ0) is 31.8. The second-order valence-corrected chi connectivity index (χ2v) is 14.9. The Balaban J connectivity index is 1.36. The first-order valence-electron chi connectivity index (χ1n) is 16.0. The predicted molar refractivity (Wildman–Crippen MR) is 180 cm³/mol. The standard InChI is InChI=1S/C33H42Br2N6O4/c1-37-12-8-26(9-13-37)38-14-16-39(17-15-38)33(11-19-42)21-27(40-22-25-4-2-3-5-30(25)36-31(40)43)10-18-41(33,32(44)45)23-24-6-7-28(34)29(35)20-24/h2-7,19-20,26-27H,8-18,21-23H2,1H3,(H-,36,43,44,45)/p+1/t27?,33?,41-/m0/s1. The van der Waals surface area contributed by atoms with E-state index in [0.717, 1.165) is 71.1 Å². The molecule has 2 unspecified atom stereocenters. The Morgan fingerprint density at radius 1 is 1.02 bits per heavy atom. The number of carboxylic acid groups (broad SMARTS) is 1. The molecule has 0 aromatic heterocycles. The number of nitrogens with one attached hydrogen (secondary N) is 1. The molecule has 0 aliphatic carbocycles. The Kier molecular flexibility index (Phi) is 9.71. The largest absolute Gasteiger partial charge is 0.515 e. The lowest BCUT2D eigenvalue weighted by Gasteiger charge is -2.60. The highest BCUT2D eigenvalue weighted by atomic mass is 79.9. The fourth-order valence-electron chi connectivity index (χ4n) is 8.32. The maximum atomic E-state index is 13.7. The van der Waals surface area contributed by atoms with Crippen molar-refractivity contribution in [2.45, 2.75) is 62.9 Å². The molecule has 45 heavy (non-hydrogen) atoms. The van der Waals surface area contributed by atoms with Crippen LogP contribution in [0.15, 0.2) is 51.4 Å². The summed E-state index contributed by atoms with van der Waals surface area (Å²) >= 11 is 7.15. The number of aldehydes is 1. The van der Waals surface area contributed by atoms with Gasteiger partial charge in [-0.2, -0.15) is 4.79 Å². The van der Waals surface area contributed by atoms with Crippen LogP contribution in [0.3, 0.4) is 0 Å². The van der Waals surface area contributed by atoms with Crippen LogP contribution in [0, 0.1) is 0 Å². The van der Waals surface area contributed by atoms with E-state index in [2.05, 4.69) is 58.9 Å². The second kappa shape index (κ2) is 13.4. The van der Waals surface area contributed by atoms with Crippen molar-refractivity contribution in [3.8, 4) is 0 Å². The minimum atomic E-state index is -1.02. The highest BCUT2D eigenvalue weighted by Gasteiger charge is 2.64. The normalized spacial score (nSPS) is 28.8. The molecule has 4 heterocycles. The molecule has 0 bridgehead atoms. The maximum absolute atomic E-state index is 13.7. The fourth-order valence-corrected chi connectivity index (χ4v) is 8.99.